The maximum atomic E-state index is 15.3. The Hall–Kier alpha value is -2.05. The van der Waals surface area contributed by atoms with Gasteiger partial charge in [-0.05, 0) is 72.5 Å². The fourth-order valence-corrected chi connectivity index (χ4v) is 5.74. The first-order valence-electron chi connectivity index (χ1n) is 9.68. The molecule has 0 unspecified atom stereocenters. The summed E-state index contributed by atoms with van der Waals surface area (Å²) in [5.41, 5.74) is 0.134. The zero-order valence-corrected chi connectivity index (χ0v) is 18.2. The maximum absolute atomic E-state index is 15.3. The van der Waals surface area contributed by atoms with Crippen molar-refractivity contribution >= 4 is 39.1 Å². The van der Waals surface area contributed by atoms with Crippen LogP contribution < -0.4 is 5.32 Å². The monoisotopic (exact) mass is 478 g/mol. The average Bonchev–Trinajstić information content (AvgIpc) is 3.20. The fourth-order valence-electron chi connectivity index (χ4n) is 4.60. The van der Waals surface area contributed by atoms with Crippen LogP contribution in [0.2, 0.25) is 0 Å². The molecular weight excluding hydrogens is 459 g/mol. The Morgan fingerprint density at radius 1 is 1.34 bits per heavy atom. The highest BCUT2D eigenvalue weighted by molar-refractivity contribution is 9.10. The number of ether oxygens (including phenoxy) is 1. The van der Waals surface area contributed by atoms with Crippen molar-refractivity contribution in [1.82, 2.24) is 9.97 Å². The number of anilines is 1. The van der Waals surface area contributed by atoms with Crippen LogP contribution in [0.4, 0.5) is 10.2 Å². The second-order valence-electron chi connectivity index (χ2n) is 7.40. The molecule has 5 rings (SSSR count). The van der Waals surface area contributed by atoms with Gasteiger partial charge in [-0.1, -0.05) is 0 Å². The minimum atomic E-state index is -0.580. The van der Waals surface area contributed by atoms with Gasteiger partial charge < -0.3 is 10.1 Å². The Kier molecular flexibility index (Phi) is 5.83. The number of hydrogen-bond donors (Lipinski definition) is 1. The summed E-state index contributed by atoms with van der Waals surface area (Å²) < 4.78 is 20.9. The number of nitrogens with one attached hydrogen (secondary N) is 1. The minimum Gasteiger partial charge on any atom is -0.466 e. The lowest BCUT2D eigenvalue weighted by Gasteiger charge is -2.47. The zero-order valence-electron chi connectivity index (χ0n) is 15.8. The van der Waals surface area contributed by atoms with Crippen molar-refractivity contribution < 1.29 is 13.9 Å². The van der Waals surface area contributed by atoms with Crippen LogP contribution in [0.15, 0.2) is 16.9 Å². The van der Waals surface area contributed by atoms with Gasteiger partial charge in [0.15, 0.2) is 16.4 Å². The molecule has 3 saturated carbocycles. The second kappa shape index (κ2) is 8.36. The molecule has 2 heterocycles. The molecule has 29 heavy (non-hydrogen) atoms. The maximum Gasteiger partial charge on any atom is 0.311 e. The summed E-state index contributed by atoms with van der Waals surface area (Å²) in [5.74, 6) is -0.502. The number of halogens is 2. The molecule has 9 heteroatoms. The largest absolute Gasteiger partial charge is 0.466 e. The fraction of sp³-hybridized carbons (Fsp3) is 0.500. The van der Waals surface area contributed by atoms with Gasteiger partial charge in [-0.15, -0.1) is 11.3 Å². The third-order valence-electron chi connectivity index (χ3n) is 5.85. The molecule has 1 N–H and O–H groups in total. The smallest absolute Gasteiger partial charge is 0.311 e. The van der Waals surface area contributed by atoms with Gasteiger partial charge in [-0.2, -0.15) is 5.26 Å². The first-order chi connectivity index (χ1) is 14.0. The average molecular weight is 479 g/mol. The molecule has 2 bridgehead atoms. The zero-order chi connectivity index (χ0) is 20.5. The number of aromatic nitrogens is 2. The lowest BCUT2D eigenvalue weighted by atomic mass is 9.61. The quantitative estimate of drug-likeness (QED) is 0.492. The summed E-state index contributed by atoms with van der Waals surface area (Å²) in [5, 5.41) is 12.3. The highest BCUT2D eigenvalue weighted by Gasteiger charge is 2.48. The van der Waals surface area contributed by atoms with Gasteiger partial charge in [-0.3, -0.25) is 4.79 Å². The third-order valence-corrected chi connectivity index (χ3v) is 7.21. The molecule has 6 nitrogen and oxygen atoms in total. The highest BCUT2D eigenvalue weighted by Crippen LogP contribution is 2.47. The predicted octanol–water partition coefficient (Wildman–Crippen LogP) is 4.76. The van der Waals surface area contributed by atoms with Gasteiger partial charge in [-0.25, -0.2) is 14.4 Å². The van der Waals surface area contributed by atoms with E-state index in [9.17, 15) is 4.79 Å². The van der Waals surface area contributed by atoms with E-state index in [1.54, 1.807) is 19.1 Å². The van der Waals surface area contributed by atoms with Crippen molar-refractivity contribution in [2.24, 2.45) is 17.8 Å². The van der Waals surface area contributed by atoms with E-state index in [1.807, 2.05) is 0 Å². The number of nitriles is 1. The summed E-state index contributed by atoms with van der Waals surface area (Å²) in [6.07, 6.45) is 4.02. The number of carbonyl (C=O) groups is 1. The Bertz CT molecular complexity index is 968. The number of thiophene rings is 1. The first kappa shape index (κ1) is 20.2. The molecule has 0 aromatic carbocycles. The number of carbonyl (C=O) groups excluding carboxylic acids is 1. The Labute approximate surface area is 180 Å². The summed E-state index contributed by atoms with van der Waals surface area (Å²) >= 11 is 4.44. The number of fused-ring (bicyclic) bond motifs is 3. The Balaban J connectivity index is 1.67. The molecule has 3 aliphatic carbocycles. The normalized spacial score (nSPS) is 25.4. The molecule has 152 valence electrons. The Morgan fingerprint density at radius 2 is 2.07 bits per heavy atom. The summed E-state index contributed by atoms with van der Waals surface area (Å²) in [7, 11) is 0. The van der Waals surface area contributed by atoms with Gasteiger partial charge in [0.1, 0.15) is 16.6 Å². The van der Waals surface area contributed by atoms with E-state index in [0.717, 1.165) is 25.7 Å². The number of rotatable bonds is 5. The molecular formula is C20H20BrFN4O2S. The van der Waals surface area contributed by atoms with Crippen LogP contribution >= 0.6 is 27.3 Å². The van der Waals surface area contributed by atoms with E-state index in [1.165, 1.54) is 11.3 Å². The third kappa shape index (κ3) is 3.88. The minimum absolute atomic E-state index is 0.0700. The predicted molar refractivity (Wildman–Crippen MR) is 111 cm³/mol. The summed E-state index contributed by atoms with van der Waals surface area (Å²) in [4.78, 5) is 22.1. The molecule has 2 atom stereocenters. The van der Waals surface area contributed by atoms with Crippen molar-refractivity contribution in [1.29, 1.82) is 5.26 Å². The molecule has 2 aromatic rings. The van der Waals surface area contributed by atoms with Gasteiger partial charge in [0.25, 0.3) is 0 Å². The molecule has 3 aliphatic rings. The van der Waals surface area contributed by atoms with E-state index >= 15 is 4.39 Å². The summed E-state index contributed by atoms with van der Waals surface area (Å²) in [6, 6.07) is 5.15. The number of esters is 1. The number of nitrogens with zero attached hydrogens (tertiary/aromatic N) is 3. The molecule has 0 saturated heterocycles. The van der Waals surface area contributed by atoms with Crippen LogP contribution in [0, 0.1) is 34.9 Å². The highest BCUT2D eigenvalue weighted by atomic mass is 79.9. The van der Waals surface area contributed by atoms with Gasteiger partial charge in [0.05, 0.1) is 17.4 Å². The van der Waals surface area contributed by atoms with Gasteiger partial charge >= 0.3 is 5.97 Å². The van der Waals surface area contributed by atoms with Crippen LogP contribution in [-0.4, -0.2) is 28.6 Å². The lowest BCUT2D eigenvalue weighted by Crippen LogP contribution is -2.52. The lowest BCUT2D eigenvalue weighted by molar-refractivity contribution is -0.154. The van der Waals surface area contributed by atoms with Crippen LogP contribution in [-0.2, 0) is 9.53 Å². The van der Waals surface area contributed by atoms with Crippen molar-refractivity contribution in [3.8, 4) is 16.6 Å². The molecule has 0 amide bonds. The molecule has 0 spiro atoms. The van der Waals surface area contributed by atoms with E-state index in [4.69, 9.17) is 10.00 Å². The van der Waals surface area contributed by atoms with Crippen molar-refractivity contribution in [3.63, 3.8) is 0 Å². The molecule has 2 aromatic heterocycles. The van der Waals surface area contributed by atoms with E-state index in [2.05, 4.69) is 37.3 Å². The van der Waals surface area contributed by atoms with Crippen LogP contribution in [0.1, 0.15) is 37.5 Å². The van der Waals surface area contributed by atoms with Gasteiger partial charge in [0.2, 0.25) is 0 Å². The second-order valence-corrected chi connectivity index (χ2v) is 9.20. The van der Waals surface area contributed by atoms with E-state index in [-0.39, 0.29) is 46.0 Å². The van der Waals surface area contributed by atoms with E-state index < -0.39 is 5.82 Å². The van der Waals surface area contributed by atoms with Crippen molar-refractivity contribution in [2.45, 2.75) is 38.6 Å². The first-order valence-corrected chi connectivity index (χ1v) is 11.3. The molecule has 0 aliphatic heterocycles. The van der Waals surface area contributed by atoms with Crippen molar-refractivity contribution in [2.75, 3.05) is 11.9 Å². The summed E-state index contributed by atoms with van der Waals surface area (Å²) in [6.45, 7) is 2.13. The topological polar surface area (TPSA) is 87.9 Å². The Morgan fingerprint density at radius 3 is 2.72 bits per heavy atom. The van der Waals surface area contributed by atoms with Crippen LogP contribution in [0.5, 0.6) is 0 Å². The van der Waals surface area contributed by atoms with Gasteiger partial charge in [0, 0.05) is 6.04 Å². The molecule has 0 radical (unpaired) electrons. The molecule has 3 fully saturated rings. The van der Waals surface area contributed by atoms with Crippen LogP contribution in [0.25, 0.3) is 10.6 Å². The number of hydrogen-bond acceptors (Lipinski definition) is 7. The van der Waals surface area contributed by atoms with E-state index in [0.29, 0.717) is 16.4 Å². The standard InChI is InChI=1S/C20H20BrFN4O2S/c1-2-28-19(27)14-10-3-5-11(6-4-10)16(14)24-18-15(22)17(25-20(21)26-18)13-8-7-12(9-23)29-13/h7-8,10-11,14,16H,2-6H2,1H3,(H,24,25,26)/t10?,11?,14-,16-/m1/s1. The van der Waals surface area contributed by atoms with Crippen LogP contribution in [0.3, 0.4) is 0 Å². The van der Waals surface area contributed by atoms with Crippen molar-refractivity contribution in [3.05, 3.63) is 27.6 Å². The SMILES string of the molecule is CCOC(=O)[C@@H]1C2CCC(CC2)[C@H]1Nc1nc(Br)nc(-c2ccc(C#N)s2)c1F.